The predicted octanol–water partition coefficient (Wildman–Crippen LogP) is 2.72. The van der Waals surface area contributed by atoms with Crippen LogP contribution in [0, 0.1) is 5.92 Å². The van der Waals surface area contributed by atoms with Gasteiger partial charge in [-0.25, -0.2) is 9.59 Å². The summed E-state index contributed by atoms with van der Waals surface area (Å²) in [5.74, 6) is -1.32. The summed E-state index contributed by atoms with van der Waals surface area (Å²) in [5.41, 5.74) is 6.98. The number of nitrogens with zero attached hydrogens (tertiary/aromatic N) is 2. The molecule has 8 nitrogen and oxygen atoms in total. The SMILES string of the molecule is NC(=O)c1ccccc1N(Cc1ccc(C(=O)O)cc1)C(=O)O[C@H]1CN2CCC1CC2. The zero-order valence-electron chi connectivity index (χ0n) is 17.1. The quantitative estimate of drug-likeness (QED) is 0.739. The molecule has 2 aromatic rings. The van der Waals surface area contributed by atoms with Crippen LogP contribution in [-0.2, 0) is 11.3 Å². The lowest BCUT2D eigenvalue weighted by molar-refractivity contribution is -0.0311. The monoisotopic (exact) mass is 423 g/mol. The molecule has 2 amide bonds. The summed E-state index contributed by atoms with van der Waals surface area (Å²) in [7, 11) is 0. The van der Waals surface area contributed by atoms with Crippen molar-refractivity contribution >= 4 is 23.7 Å². The maximum atomic E-state index is 13.3. The van der Waals surface area contributed by atoms with Crippen LogP contribution in [0.4, 0.5) is 10.5 Å². The first kappa shape index (κ1) is 20.9. The van der Waals surface area contributed by atoms with Crippen LogP contribution in [0.25, 0.3) is 0 Å². The van der Waals surface area contributed by atoms with Gasteiger partial charge in [0.05, 0.1) is 23.4 Å². The van der Waals surface area contributed by atoms with Gasteiger partial charge in [0.25, 0.3) is 5.91 Å². The molecule has 3 aliphatic rings. The molecule has 2 bridgehead atoms. The summed E-state index contributed by atoms with van der Waals surface area (Å²) in [6.07, 6.45) is 1.28. The molecule has 0 unspecified atom stereocenters. The summed E-state index contributed by atoms with van der Waals surface area (Å²) in [6, 6.07) is 12.9. The first-order chi connectivity index (χ1) is 14.9. The maximum absolute atomic E-state index is 13.3. The Kier molecular flexibility index (Phi) is 5.90. The van der Waals surface area contributed by atoms with Crippen molar-refractivity contribution in [3.8, 4) is 0 Å². The van der Waals surface area contributed by atoms with E-state index >= 15 is 0 Å². The van der Waals surface area contributed by atoms with Crippen LogP contribution in [0.1, 0.15) is 39.1 Å². The highest BCUT2D eigenvalue weighted by Gasteiger charge is 2.37. The number of piperidine rings is 3. The van der Waals surface area contributed by atoms with Crippen LogP contribution in [0.15, 0.2) is 48.5 Å². The number of primary amides is 1. The zero-order chi connectivity index (χ0) is 22.0. The van der Waals surface area contributed by atoms with Gasteiger partial charge in [-0.05, 0) is 61.7 Å². The minimum Gasteiger partial charge on any atom is -0.478 e. The van der Waals surface area contributed by atoms with Crippen LogP contribution in [-0.4, -0.2) is 53.7 Å². The van der Waals surface area contributed by atoms with E-state index in [0.29, 0.717) is 17.2 Å². The van der Waals surface area contributed by atoms with E-state index in [1.807, 2.05) is 0 Å². The van der Waals surface area contributed by atoms with E-state index in [1.165, 1.54) is 17.0 Å². The largest absolute Gasteiger partial charge is 0.478 e. The van der Waals surface area contributed by atoms with Crippen molar-refractivity contribution in [2.24, 2.45) is 11.7 Å². The van der Waals surface area contributed by atoms with Gasteiger partial charge in [-0.1, -0.05) is 24.3 Å². The number of fused-ring (bicyclic) bond motifs is 3. The van der Waals surface area contributed by atoms with E-state index in [4.69, 9.17) is 15.6 Å². The Balaban J connectivity index is 1.61. The average molecular weight is 423 g/mol. The fourth-order valence-corrected chi connectivity index (χ4v) is 4.34. The number of hydrogen-bond acceptors (Lipinski definition) is 5. The lowest BCUT2D eigenvalue weighted by Gasteiger charge is -2.44. The van der Waals surface area contributed by atoms with Gasteiger partial charge in [-0.15, -0.1) is 0 Å². The molecule has 31 heavy (non-hydrogen) atoms. The Morgan fingerprint density at radius 2 is 1.74 bits per heavy atom. The second kappa shape index (κ2) is 8.77. The lowest BCUT2D eigenvalue weighted by Crippen LogP contribution is -2.53. The molecular formula is C23H25N3O5. The number of ether oxygens (including phenoxy) is 1. The van der Waals surface area contributed by atoms with Crippen molar-refractivity contribution in [2.45, 2.75) is 25.5 Å². The molecule has 0 saturated carbocycles. The molecule has 0 aromatic heterocycles. The van der Waals surface area contributed by atoms with E-state index in [0.717, 1.165) is 32.5 Å². The number of para-hydroxylation sites is 1. The third kappa shape index (κ3) is 4.54. The number of carbonyl (C=O) groups is 3. The summed E-state index contributed by atoms with van der Waals surface area (Å²) >= 11 is 0. The number of amides is 2. The summed E-state index contributed by atoms with van der Waals surface area (Å²) in [6.45, 7) is 2.89. The molecule has 8 heteroatoms. The number of anilines is 1. The summed E-state index contributed by atoms with van der Waals surface area (Å²) < 4.78 is 5.91. The van der Waals surface area contributed by atoms with Crippen LogP contribution < -0.4 is 10.6 Å². The van der Waals surface area contributed by atoms with E-state index in [9.17, 15) is 14.4 Å². The van der Waals surface area contributed by atoms with Crippen molar-refractivity contribution in [3.05, 3.63) is 65.2 Å². The van der Waals surface area contributed by atoms with Gasteiger partial charge in [0.1, 0.15) is 6.10 Å². The van der Waals surface area contributed by atoms with Gasteiger partial charge in [-0.3, -0.25) is 14.6 Å². The number of hydrogen-bond donors (Lipinski definition) is 2. The molecule has 0 radical (unpaired) electrons. The smallest absolute Gasteiger partial charge is 0.414 e. The summed E-state index contributed by atoms with van der Waals surface area (Å²) in [5, 5.41) is 9.12. The highest BCUT2D eigenvalue weighted by molar-refractivity contribution is 6.02. The van der Waals surface area contributed by atoms with Gasteiger partial charge in [-0.2, -0.15) is 0 Å². The highest BCUT2D eigenvalue weighted by Crippen LogP contribution is 2.31. The van der Waals surface area contributed by atoms with E-state index < -0.39 is 18.0 Å². The molecule has 0 spiro atoms. The minimum atomic E-state index is -1.02. The Morgan fingerprint density at radius 1 is 1.06 bits per heavy atom. The van der Waals surface area contributed by atoms with Gasteiger partial charge in [0.15, 0.2) is 0 Å². The van der Waals surface area contributed by atoms with E-state index in [2.05, 4.69) is 4.90 Å². The number of rotatable bonds is 6. The Morgan fingerprint density at radius 3 is 2.32 bits per heavy atom. The van der Waals surface area contributed by atoms with Crippen molar-refractivity contribution in [2.75, 3.05) is 24.5 Å². The molecule has 162 valence electrons. The normalized spacial score (nSPS) is 22.0. The molecule has 3 fully saturated rings. The third-order valence-corrected chi connectivity index (χ3v) is 6.07. The molecule has 5 rings (SSSR count). The first-order valence-electron chi connectivity index (χ1n) is 10.3. The van der Waals surface area contributed by atoms with Gasteiger partial charge in [0, 0.05) is 6.54 Å². The number of nitrogens with two attached hydrogens (primary N) is 1. The highest BCUT2D eigenvalue weighted by atomic mass is 16.6. The van der Waals surface area contributed by atoms with Crippen LogP contribution >= 0.6 is 0 Å². The maximum Gasteiger partial charge on any atom is 0.414 e. The number of carboxylic acids is 1. The molecule has 3 N–H and O–H groups in total. The van der Waals surface area contributed by atoms with Crippen LogP contribution in [0.2, 0.25) is 0 Å². The standard InChI is InChI=1S/C23H25N3O5/c24-21(27)18-3-1-2-4-19(18)26(13-15-5-7-17(8-6-15)22(28)29)23(30)31-20-14-25-11-9-16(20)10-12-25/h1-8,16,20H,9-14H2,(H2,24,27)(H,28,29)/t20-/m0/s1. The lowest BCUT2D eigenvalue weighted by atomic mass is 9.86. The van der Waals surface area contributed by atoms with Gasteiger partial charge < -0.3 is 15.6 Å². The molecule has 0 aliphatic carbocycles. The fraction of sp³-hybridized carbons (Fsp3) is 0.348. The Labute approximate surface area is 180 Å². The summed E-state index contributed by atoms with van der Waals surface area (Å²) in [4.78, 5) is 40.1. The molecule has 2 aromatic carbocycles. The van der Waals surface area contributed by atoms with Gasteiger partial charge in [0.2, 0.25) is 0 Å². The zero-order valence-corrected chi connectivity index (χ0v) is 17.1. The Hall–Kier alpha value is -3.39. The van der Waals surface area contributed by atoms with Crippen molar-refractivity contribution in [1.29, 1.82) is 0 Å². The second-order valence-corrected chi connectivity index (χ2v) is 8.03. The van der Waals surface area contributed by atoms with Crippen molar-refractivity contribution in [1.82, 2.24) is 4.90 Å². The second-order valence-electron chi connectivity index (χ2n) is 8.03. The number of benzene rings is 2. The van der Waals surface area contributed by atoms with Crippen molar-refractivity contribution < 1.29 is 24.2 Å². The third-order valence-electron chi connectivity index (χ3n) is 6.07. The predicted molar refractivity (Wildman–Crippen MR) is 114 cm³/mol. The van der Waals surface area contributed by atoms with E-state index in [-0.39, 0.29) is 23.8 Å². The van der Waals surface area contributed by atoms with Crippen LogP contribution in [0.5, 0.6) is 0 Å². The molecule has 3 aliphatic heterocycles. The number of carbonyl (C=O) groups excluding carboxylic acids is 2. The molecule has 3 heterocycles. The van der Waals surface area contributed by atoms with E-state index in [1.54, 1.807) is 36.4 Å². The van der Waals surface area contributed by atoms with Crippen molar-refractivity contribution in [3.63, 3.8) is 0 Å². The topological polar surface area (TPSA) is 113 Å². The fourth-order valence-electron chi connectivity index (χ4n) is 4.34. The number of aromatic carboxylic acids is 1. The first-order valence-corrected chi connectivity index (χ1v) is 10.3. The molecular weight excluding hydrogens is 398 g/mol. The molecule has 1 atom stereocenters. The van der Waals surface area contributed by atoms with Crippen LogP contribution in [0.3, 0.4) is 0 Å². The molecule has 3 saturated heterocycles. The average Bonchev–Trinajstić information content (AvgIpc) is 2.78. The number of carboxylic acid groups (broad SMARTS) is 1. The minimum absolute atomic E-state index is 0.115. The Bertz CT molecular complexity index is 983. The van der Waals surface area contributed by atoms with Gasteiger partial charge >= 0.3 is 12.1 Å².